The predicted octanol–water partition coefficient (Wildman–Crippen LogP) is -7.44. The van der Waals surface area contributed by atoms with Crippen LogP contribution in [0, 0.1) is 11.3 Å². The van der Waals surface area contributed by atoms with Crippen LogP contribution in [-0.2, 0) is 117 Å². The molecule has 2 saturated heterocycles. The monoisotopic (exact) mass is 1880 g/mol. The number of carboxylic acids is 1. The number of imidazole rings is 1. The number of carbonyl (C=O) groups excluding carboxylic acids is 18. The van der Waals surface area contributed by atoms with E-state index in [9.17, 15) is 106 Å². The molecule has 132 heavy (non-hydrogen) atoms. The predicted molar refractivity (Wildman–Crippen MR) is 480 cm³/mol. The van der Waals surface area contributed by atoms with Gasteiger partial charge in [0.2, 0.25) is 106 Å². The Labute approximate surface area is 771 Å². The van der Waals surface area contributed by atoms with Crippen molar-refractivity contribution in [2.45, 2.75) is 214 Å². The van der Waals surface area contributed by atoms with Crippen LogP contribution in [0.5, 0.6) is 5.75 Å². The summed E-state index contributed by atoms with van der Waals surface area (Å²) in [6.07, 6.45) is -0.204. The van der Waals surface area contributed by atoms with Crippen molar-refractivity contribution in [3.05, 3.63) is 120 Å². The number of carbonyl (C=O) groups is 19. The molecule has 2 aliphatic rings. The van der Waals surface area contributed by atoms with Gasteiger partial charge in [-0.15, -0.1) is 0 Å². The molecular weight excluding hydrogens is 1760 g/mol. The number of aromatic amines is 1. The second kappa shape index (κ2) is 53.0. The number of aromatic nitrogens is 2. The lowest BCUT2D eigenvalue weighted by Crippen LogP contribution is -2.62. The first-order chi connectivity index (χ1) is 62.4. The van der Waals surface area contributed by atoms with Crippen molar-refractivity contribution in [1.82, 2.24) is 99.5 Å². The van der Waals surface area contributed by atoms with Crippen molar-refractivity contribution in [2.24, 2.45) is 28.9 Å². The molecule has 0 unspecified atom stereocenters. The number of nitrogens with one attached hydrogen (secondary N) is 17. The van der Waals surface area contributed by atoms with E-state index in [1.807, 2.05) is 0 Å². The zero-order valence-corrected chi connectivity index (χ0v) is 75.4. The summed E-state index contributed by atoms with van der Waals surface area (Å²) in [6, 6.07) is 3.17. The van der Waals surface area contributed by atoms with Gasteiger partial charge in [0, 0.05) is 74.1 Å². The summed E-state index contributed by atoms with van der Waals surface area (Å²) in [5.41, 5.74) is 23.9. The molecule has 14 atom stereocenters. The summed E-state index contributed by atoms with van der Waals surface area (Å²) in [7, 11) is 0. The van der Waals surface area contributed by atoms with E-state index in [1.165, 1.54) is 55.5 Å². The molecule has 6 rings (SSSR count). The lowest BCUT2D eigenvalue weighted by Gasteiger charge is -2.34. The minimum Gasteiger partial charge on any atom is -0.508 e. The summed E-state index contributed by atoms with van der Waals surface area (Å²) in [6.45, 7) is 4.51. The molecule has 1 aromatic heterocycles. The molecule has 48 heteroatoms. The van der Waals surface area contributed by atoms with Crippen molar-refractivity contribution in [3.8, 4) is 5.75 Å². The van der Waals surface area contributed by atoms with E-state index in [-0.39, 0.29) is 114 Å². The zero-order valence-electron chi connectivity index (χ0n) is 73.6. The molecule has 0 saturated carbocycles. The summed E-state index contributed by atoms with van der Waals surface area (Å²) in [5.74, 6) is -19.2. The molecule has 720 valence electrons. The number of aliphatic hydroxyl groups excluding tert-OH is 1. The van der Waals surface area contributed by atoms with Gasteiger partial charge >= 0.3 is 5.97 Å². The van der Waals surface area contributed by atoms with Gasteiger partial charge in [-0.3, -0.25) is 91.7 Å². The molecule has 0 bridgehead atoms. The van der Waals surface area contributed by atoms with Gasteiger partial charge < -0.3 is 133 Å². The van der Waals surface area contributed by atoms with E-state index >= 15 is 0 Å². The van der Waals surface area contributed by atoms with Crippen molar-refractivity contribution in [3.63, 3.8) is 0 Å². The van der Waals surface area contributed by atoms with Crippen LogP contribution in [0.1, 0.15) is 121 Å². The molecule has 0 aliphatic carbocycles. The number of likely N-dealkylation sites (tertiary alicyclic amines) is 2. The first-order valence-electron chi connectivity index (χ1n) is 42.6. The van der Waals surface area contributed by atoms with Gasteiger partial charge in [0.05, 0.1) is 51.1 Å². The Kier molecular flexibility index (Phi) is 43.0. The van der Waals surface area contributed by atoms with E-state index in [1.54, 1.807) is 74.5 Å². The number of hydrogen-bond acceptors (Lipinski definition) is 26. The number of benzene rings is 3. The average Bonchev–Trinajstić information content (AvgIpc) is 1.56. The van der Waals surface area contributed by atoms with Crippen LogP contribution < -0.4 is 103 Å². The van der Waals surface area contributed by atoms with Crippen LogP contribution in [-0.4, -0.2) is 294 Å². The molecule has 0 radical (unpaired) electrons. The number of rotatable bonds is 53. The topological polar surface area (TPSA) is 729 Å². The van der Waals surface area contributed by atoms with Crippen LogP contribution in [0.3, 0.4) is 0 Å². The number of phenolic OH excluding ortho intramolecular Hbond substituents is 1. The summed E-state index contributed by atoms with van der Waals surface area (Å²) >= 11 is 8.82. The Morgan fingerprint density at radius 2 is 1.01 bits per heavy atom. The van der Waals surface area contributed by atoms with Crippen LogP contribution in [0.4, 0.5) is 0 Å². The maximum Gasteiger partial charge on any atom is 0.326 e. The third-order valence-corrected chi connectivity index (χ3v) is 21.7. The number of aromatic hydroxyl groups is 1. The third kappa shape index (κ3) is 36.1. The van der Waals surface area contributed by atoms with Crippen molar-refractivity contribution >= 4 is 144 Å². The number of nitrogens with zero attached hydrogens (tertiary/aromatic N) is 3. The molecular formula is C84H120N24O22S2. The van der Waals surface area contributed by atoms with E-state index in [0.29, 0.717) is 28.8 Å². The molecule has 2 aliphatic heterocycles. The van der Waals surface area contributed by atoms with Gasteiger partial charge in [-0.25, -0.2) is 9.78 Å². The molecule has 3 heterocycles. The lowest BCUT2D eigenvalue weighted by molar-refractivity contribution is -0.148. The number of aliphatic hydroxyl groups is 1. The largest absolute Gasteiger partial charge is 0.508 e. The third-order valence-electron chi connectivity index (χ3n) is 21.0. The number of thiol groups is 2. The Morgan fingerprint density at radius 1 is 0.523 bits per heavy atom. The van der Waals surface area contributed by atoms with Gasteiger partial charge in [-0.05, 0) is 107 Å². The fourth-order valence-electron chi connectivity index (χ4n) is 14.1. The SMILES string of the molecule is CC(C)C[C@H](NC(=O)CNC(=O)CNC(=O)[C@H](Cc1ccccc1)NC(=O)[C@H](Cc1cnc[nH]1)NC(=O)CNC(=O)[C@@H](NC(=O)[C@H](CS)NC(=O)[C@H](Cc1ccccc1)NC(=O)[C@H](CCCNC(=N)N)NC(=O)[C@@H](N)CCC(N)=O)[C@@H](C)O)C(=O)N[C@@H](Cc1ccc(O)cc1)C(=O)N1CCC[C@H]1C(=O)N[C@H](C(=O)N[C@@H](CC(N)=O)C(=O)NCC(=O)N1CCC[C@H]1C(=O)O)C(C)(C)S. The Balaban J connectivity index is 1.08. The first-order valence-corrected chi connectivity index (χ1v) is 43.7. The number of H-pyrrole nitrogens is 1. The smallest absolute Gasteiger partial charge is 0.326 e. The molecule has 46 nitrogen and oxygen atoms in total. The summed E-state index contributed by atoms with van der Waals surface area (Å²) in [5, 5.41) is 75.5. The highest BCUT2D eigenvalue weighted by molar-refractivity contribution is 7.81. The van der Waals surface area contributed by atoms with Gasteiger partial charge in [0.25, 0.3) is 0 Å². The van der Waals surface area contributed by atoms with Gasteiger partial charge in [0.15, 0.2) is 5.96 Å². The number of hydrogen-bond donors (Lipinski definition) is 26. The van der Waals surface area contributed by atoms with E-state index in [4.69, 9.17) is 28.3 Å². The van der Waals surface area contributed by atoms with E-state index in [0.717, 1.165) is 11.8 Å². The van der Waals surface area contributed by atoms with Crippen molar-refractivity contribution in [2.75, 3.05) is 51.6 Å². The first kappa shape index (κ1) is 107. The molecule has 2 fully saturated rings. The molecule has 18 amide bonds. The van der Waals surface area contributed by atoms with Gasteiger partial charge in [0.1, 0.15) is 78.3 Å². The minimum atomic E-state index is -1.82. The quantitative estimate of drug-likeness (QED) is 0.00845. The Morgan fingerprint density at radius 3 is 1.56 bits per heavy atom. The number of phenols is 1. The standard InChI is InChI=1S/C84H120N24O22S2/c1-44(2)31-53(74(121)103-58(34-48-22-24-50(110)25-23-48)81(128)108-30-13-20-60(108)78(125)106-69(84(4,5)132)80(127)102-57(36-63(87)112)72(119)95-41-67(116)107-29-14-21-61(107)82(129)130)97-65(114)39-92-64(113)38-93-71(118)54(32-46-15-8-6-9-16-46)100-76(123)56(35-49-37-90-43-96-49)98-66(115)40-94-79(126)68(45(3)109)105-77(124)59(42-131)104-75(122)55(33-47-17-10-7-11-18-47)101-73(120)52(19-12-28-91-83(88)89)99-70(117)51(85)26-27-62(86)111/h6-11,15-18,22-25,37,43-45,51-61,68-69,109-110,131-132H,12-14,19-21,26-36,38-42,85H2,1-5H3,(H2,86,111)(H2,87,112)(H,90,96)(H,92,113)(H,93,118)(H,94,126)(H,95,119)(H,97,114)(H,98,115)(H,99,117)(H,100,123)(H,101,120)(H,102,127)(H,103,121)(H,104,122)(H,105,124)(H,106,125)(H,129,130)(H4,88,89,91)/t45-,51+,52+,53+,54+,55+,56+,57+,58+,59+,60+,61+,68+,69-/m1/s1. The Bertz CT molecular complexity index is 4710. The fraction of sp³-hybridized carbons (Fsp3) is 0.512. The molecule has 28 N–H and O–H groups in total. The summed E-state index contributed by atoms with van der Waals surface area (Å²) in [4.78, 5) is 268. The fourth-order valence-corrected chi connectivity index (χ4v) is 14.6. The number of primary amides is 2. The number of nitrogens with two attached hydrogens (primary N) is 4. The number of amides is 18. The highest BCUT2D eigenvalue weighted by Crippen LogP contribution is 2.25. The maximum atomic E-state index is 15.0. The summed E-state index contributed by atoms with van der Waals surface area (Å²) < 4.78 is -1.43. The average molecular weight is 1880 g/mol. The number of guanidine groups is 1. The van der Waals surface area contributed by atoms with Crippen molar-refractivity contribution in [1.29, 1.82) is 5.41 Å². The minimum absolute atomic E-state index is 0.0363. The van der Waals surface area contributed by atoms with Crippen molar-refractivity contribution < 1.29 is 106 Å². The van der Waals surface area contributed by atoms with Gasteiger partial charge in [-0.2, -0.15) is 25.3 Å². The number of carboxylic acid groups (broad SMARTS) is 1. The second-order valence-corrected chi connectivity index (χ2v) is 34.3. The Hall–Kier alpha value is -13.5. The molecule has 4 aromatic rings. The van der Waals surface area contributed by atoms with E-state index < -0.39 is 240 Å². The molecule has 0 spiro atoms. The lowest BCUT2D eigenvalue weighted by atomic mass is 9.99. The molecule has 3 aromatic carbocycles. The van der Waals surface area contributed by atoms with Gasteiger partial charge in [-0.1, -0.05) is 86.6 Å². The highest BCUT2D eigenvalue weighted by atomic mass is 32.1. The van der Waals surface area contributed by atoms with Crippen LogP contribution in [0.2, 0.25) is 0 Å². The van der Waals surface area contributed by atoms with E-state index in [2.05, 4.69) is 115 Å². The maximum absolute atomic E-state index is 15.0. The van der Waals surface area contributed by atoms with Crippen LogP contribution >= 0.6 is 25.3 Å². The normalized spacial score (nSPS) is 16.2. The second-order valence-electron chi connectivity index (χ2n) is 32.7. The van der Waals surface area contributed by atoms with Crippen LogP contribution in [0.25, 0.3) is 0 Å². The highest BCUT2D eigenvalue weighted by Gasteiger charge is 2.44. The number of aliphatic carboxylic acids is 1. The zero-order chi connectivity index (χ0) is 97.6. The van der Waals surface area contributed by atoms with Crippen LogP contribution in [0.15, 0.2) is 97.5 Å².